The second kappa shape index (κ2) is 8.72. The number of benzene rings is 1. The highest BCUT2D eigenvalue weighted by Crippen LogP contribution is 2.39. The molecule has 7 nitrogen and oxygen atoms in total. The van der Waals surface area contributed by atoms with Crippen molar-refractivity contribution < 1.29 is 22.7 Å². The van der Waals surface area contributed by atoms with Gasteiger partial charge in [0.05, 0.1) is 17.6 Å². The number of amides is 1. The first kappa shape index (κ1) is 22.0. The Morgan fingerprint density at radius 1 is 1.13 bits per heavy atom. The third kappa shape index (κ3) is 4.14. The van der Waals surface area contributed by atoms with E-state index in [2.05, 4.69) is 5.32 Å². The van der Waals surface area contributed by atoms with Crippen molar-refractivity contribution in [1.29, 1.82) is 0 Å². The van der Waals surface area contributed by atoms with E-state index in [1.54, 1.807) is 4.31 Å². The number of nitrogens with one attached hydrogen (secondary N) is 1. The van der Waals surface area contributed by atoms with Gasteiger partial charge in [-0.25, -0.2) is 13.2 Å². The van der Waals surface area contributed by atoms with E-state index >= 15 is 0 Å². The molecule has 2 aliphatic rings. The lowest BCUT2D eigenvalue weighted by molar-refractivity contribution is 0.0601. The molecule has 0 radical (unpaired) electrons. The van der Waals surface area contributed by atoms with Crippen LogP contribution in [0.15, 0.2) is 29.2 Å². The molecule has 0 bridgehead atoms. The van der Waals surface area contributed by atoms with Gasteiger partial charge in [0.1, 0.15) is 5.00 Å². The van der Waals surface area contributed by atoms with Crippen LogP contribution >= 0.6 is 11.3 Å². The van der Waals surface area contributed by atoms with Gasteiger partial charge in [-0.3, -0.25) is 4.79 Å². The standard InChI is InChI=1S/C22H26N2O5S2/c1-14-6-3-4-13-24(14)31(27,28)16-11-9-15(10-12-16)20(25)23-21-19(22(26)29-2)17-7-5-8-18(17)30-21/h9-12,14H,3-8,13H2,1-2H3,(H,23,25). The Morgan fingerprint density at radius 2 is 1.87 bits per heavy atom. The molecular weight excluding hydrogens is 436 g/mol. The van der Waals surface area contributed by atoms with Gasteiger partial charge in [0, 0.05) is 23.0 Å². The zero-order valence-corrected chi connectivity index (χ0v) is 19.3. The Kier molecular flexibility index (Phi) is 6.18. The van der Waals surface area contributed by atoms with Crippen LogP contribution in [-0.2, 0) is 27.6 Å². The van der Waals surface area contributed by atoms with Crippen LogP contribution in [0, 0.1) is 0 Å². The lowest BCUT2D eigenvalue weighted by atomic mass is 10.1. The van der Waals surface area contributed by atoms with Crippen LogP contribution in [0.25, 0.3) is 0 Å². The molecule has 4 rings (SSSR count). The molecule has 1 aliphatic heterocycles. The number of sulfonamides is 1. The Bertz CT molecular complexity index is 1110. The Balaban J connectivity index is 1.54. The van der Waals surface area contributed by atoms with Gasteiger partial charge in [0.2, 0.25) is 10.0 Å². The molecule has 1 aromatic carbocycles. The van der Waals surface area contributed by atoms with Crippen LogP contribution in [0.1, 0.15) is 63.8 Å². The number of anilines is 1. The van der Waals surface area contributed by atoms with E-state index in [1.165, 1.54) is 42.7 Å². The summed E-state index contributed by atoms with van der Waals surface area (Å²) in [7, 11) is -2.26. The summed E-state index contributed by atoms with van der Waals surface area (Å²) in [5.41, 5.74) is 1.73. The average Bonchev–Trinajstić information content (AvgIpc) is 3.34. The first-order valence-electron chi connectivity index (χ1n) is 10.5. The lowest BCUT2D eigenvalue weighted by Crippen LogP contribution is -2.41. The molecular formula is C22H26N2O5S2. The number of ether oxygens (including phenoxy) is 1. The van der Waals surface area contributed by atoms with Crippen LogP contribution in [0.3, 0.4) is 0 Å². The number of aryl methyl sites for hydroxylation is 1. The highest BCUT2D eigenvalue weighted by atomic mass is 32.2. The maximum Gasteiger partial charge on any atom is 0.341 e. The Morgan fingerprint density at radius 3 is 2.55 bits per heavy atom. The summed E-state index contributed by atoms with van der Waals surface area (Å²) >= 11 is 1.41. The van der Waals surface area contributed by atoms with Crippen molar-refractivity contribution >= 4 is 38.2 Å². The first-order valence-corrected chi connectivity index (χ1v) is 12.7. The molecule has 166 valence electrons. The molecule has 1 amide bonds. The van der Waals surface area contributed by atoms with Crippen molar-refractivity contribution in [3.63, 3.8) is 0 Å². The molecule has 2 heterocycles. The maximum absolute atomic E-state index is 13.0. The summed E-state index contributed by atoms with van der Waals surface area (Å²) in [6.07, 6.45) is 5.43. The zero-order chi connectivity index (χ0) is 22.2. The minimum Gasteiger partial charge on any atom is -0.465 e. The third-order valence-corrected chi connectivity index (χ3v) is 9.24. The molecule has 1 aliphatic carbocycles. The number of esters is 1. The number of carbonyl (C=O) groups excluding carboxylic acids is 2. The van der Waals surface area contributed by atoms with Crippen LogP contribution in [-0.4, -0.2) is 44.3 Å². The number of thiophene rings is 1. The van der Waals surface area contributed by atoms with Gasteiger partial charge >= 0.3 is 5.97 Å². The zero-order valence-electron chi connectivity index (χ0n) is 17.6. The second-order valence-electron chi connectivity index (χ2n) is 7.99. The normalized spacial score (nSPS) is 19.1. The highest BCUT2D eigenvalue weighted by molar-refractivity contribution is 7.89. The number of nitrogens with zero attached hydrogens (tertiary/aromatic N) is 1. The largest absolute Gasteiger partial charge is 0.465 e. The molecule has 0 saturated carbocycles. The number of carbonyl (C=O) groups is 2. The average molecular weight is 463 g/mol. The van der Waals surface area contributed by atoms with Crippen molar-refractivity contribution in [1.82, 2.24) is 4.31 Å². The van der Waals surface area contributed by atoms with E-state index in [1.807, 2.05) is 6.92 Å². The molecule has 1 aromatic heterocycles. The molecule has 1 unspecified atom stereocenters. The third-order valence-electron chi connectivity index (χ3n) is 6.00. The van der Waals surface area contributed by atoms with E-state index in [0.29, 0.717) is 22.7 Å². The quantitative estimate of drug-likeness (QED) is 0.682. The van der Waals surface area contributed by atoms with Gasteiger partial charge in [0.15, 0.2) is 0 Å². The molecule has 9 heteroatoms. The van der Waals surface area contributed by atoms with E-state index in [9.17, 15) is 18.0 Å². The van der Waals surface area contributed by atoms with Gasteiger partial charge in [0.25, 0.3) is 5.91 Å². The fraction of sp³-hybridized carbons (Fsp3) is 0.455. The van der Waals surface area contributed by atoms with Crippen molar-refractivity contribution in [2.24, 2.45) is 0 Å². The van der Waals surface area contributed by atoms with Crippen LogP contribution in [0.5, 0.6) is 0 Å². The number of hydrogen-bond acceptors (Lipinski definition) is 6. The van der Waals surface area contributed by atoms with Crippen molar-refractivity contribution in [2.45, 2.75) is 56.4 Å². The second-order valence-corrected chi connectivity index (χ2v) is 11.0. The van der Waals surface area contributed by atoms with E-state index in [-0.39, 0.29) is 16.8 Å². The van der Waals surface area contributed by atoms with Gasteiger partial charge in [-0.2, -0.15) is 4.31 Å². The summed E-state index contributed by atoms with van der Waals surface area (Å²) in [5.74, 6) is -0.841. The first-order chi connectivity index (χ1) is 14.8. The molecule has 1 atom stereocenters. The summed E-state index contributed by atoms with van der Waals surface area (Å²) < 4.78 is 32.4. The topological polar surface area (TPSA) is 92.8 Å². The smallest absolute Gasteiger partial charge is 0.341 e. The van der Waals surface area contributed by atoms with Gasteiger partial charge in [-0.05, 0) is 68.9 Å². The molecule has 31 heavy (non-hydrogen) atoms. The minimum absolute atomic E-state index is 0.0285. The van der Waals surface area contributed by atoms with Crippen molar-refractivity contribution in [3.8, 4) is 0 Å². The minimum atomic E-state index is -3.59. The molecule has 2 aromatic rings. The number of fused-ring (bicyclic) bond motifs is 1. The predicted molar refractivity (Wildman–Crippen MR) is 119 cm³/mol. The number of piperidine rings is 1. The molecule has 1 saturated heterocycles. The molecule has 0 spiro atoms. The van der Waals surface area contributed by atoms with E-state index in [0.717, 1.165) is 49.0 Å². The van der Waals surface area contributed by atoms with Gasteiger partial charge in [-0.15, -0.1) is 11.3 Å². The summed E-state index contributed by atoms with van der Waals surface area (Å²) in [6, 6.07) is 5.94. The fourth-order valence-electron chi connectivity index (χ4n) is 4.33. The van der Waals surface area contributed by atoms with Crippen LogP contribution in [0.4, 0.5) is 5.00 Å². The van der Waals surface area contributed by atoms with Gasteiger partial charge in [-0.1, -0.05) is 6.42 Å². The summed E-state index contributed by atoms with van der Waals surface area (Å²) in [6.45, 7) is 2.45. The van der Waals surface area contributed by atoms with E-state index < -0.39 is 16.0 Å². The van der Waals surface area contributed by atoms with Crippen LogP contribution in [0.2, 0.25) is 0 Å². The van der Waals surface area contributed by atoms with E-state index in [4.69, 9.17) is 4.74 Å². The Labute approximate surface area is 186 Å². The lowest BCUT2D eigenvalue weighted by Gasteiger charge is -2.32. The fourth-order valence-corrected chi connectivity index (χ4v) is 7.30. The predicted octanol–water partition coefficient (Wildman–Crippen LogP) is 3.84. The van der Waals surface area contributed by atoms with Gasteiger partial charge < -0.3 is 10.1 Å². The number of methoxy groups -OCH3 is 1. The summed E-state index contributed by atoms with van der Waals surface area (Å²) in [4.78, 5) is 26.4. The number of hydrogen-bond donors (Lipinski definition) is 1. The van der Waals surface area contributed by atoms with Crippen molar-refractivity contribution in [2.75, 3.05) is 19.0 Å². The number of rotatable bonds is 5. The molecule has 1 fully saturated rings. The SMILES string of the molecule is COC(=O)c1c(NC(=O)c2ccc(S(=O)(=O)N3CCCCC3C)cc2)sc2c1CCC2. The van der Waals surface area contributed by atoms with Crippen LogP contribution < -0.4 is 5.32 Å². The highest BCUT2D eigenvalue weighted by Gasteiger charge is 2.31. The monoisotopic (exact) mass is 462 g/mol. The maximum atomic E-state index is 13.0. The Hall–Kier alpha value is -2.23. The van der Waals surface area contributed by atoms with Crippen molar-refractivity contribution in [3.05, 3.63) is 45.8 Å². The summed E-state index contributed by atoms with van der Waals surface area (Å²) in [5, 5.41) is 3.31. The molecule has 1 N–H and O–H groups in total.